The van der Waals surface area contributed by atoms with Crippen LogP contribution in [0.25, 0.3) is 5.69 Å². The van der Waals surface area contributed by atoms with Crippen molar-refractivity contribution in [1.82, 2.24) is 20.2 Å². The van der Waals surface area contributed by atoms with E-state index >= 15 is 0 Å². The van der Waals surface area contributed by atoms with Crippen LogP contribution >= 0.6 is 0 Å². The molecule has 0 saturated carbocycles. The minimum absolute atomic E-state index is 0.0125. The molecule has 1 aromatic heterocycles. The monoisotopic (exact) mass is 321 g/mol. The van der Waals surface area contributed by atoms with E-state index in [9.17, 15) is 4.79 Å². The largest absolute Gasteiger partial charge is 0.484 e. The second-order valence-electron chi connectivity index (χ2n) is 5.46. The maximum atomic E-state index is 12.4. The molecule has 2 heterocycles. The van der Waals surface area contributed by atoms with Crippen LogP contribution in [-0.2, 0) is 11.2 Å². The van der Waals surface area contributed by atoms with Crippen LogP contribution in [0.1, 0.15) is 5.56 Å². The van der Waals surface area contributed by atoms with Gasteiger partial charge in [0.25, 0.3) is 5.91 Å². The Labute approximate surface area is 138 Å². The Bertz CT molecular complexity index is 846. The van der Waals surface area contributed by atoms with E-state index in [1.807, 2.05) is 30.3 Å². The molecule has 7 nitrogen and oxygen atoms in total. The van der Waals surface area contributed by atoms with Gasteiger partial charge in [0.15, 0.2) is 6.61 Å². The fourth-order valence-corrected chi connectivity index (χ4v) is 2.79. The van der Waals surface area contributed by atoms with Gasteiger partial charge in [0, 0.05) is 12.2 Å². The van der Waals surface area contributed by atoms with Gasteiger partial charge in [-0.25, -0.2) is 4.68 Å². The molecule has 24 heavy (non-hydrogen) atoms. The third-order valence-corrected chi connectivity index (χ3v) is 4.00. The van der Waals surface area contributed by atoms with Crippen molar-refractivity contribution in [1.29, 1.82) is 0 Å². The number of fused-ring (bicyclic) bond motifs is 1. The van der Waals surface area contributed by atoms with E-state index in [-0.39, 0.29) is 12.5 Å². The van der Waals surface area contributed by atoms with Crippen LogP contribution < -0.4 is 9.64 Å². The van der Waals surface area contributed by atoms with Crippen LogP contribution in [0.3, 0.4) is 0 Å². The number of hydrogen-bond acceptors (Lipinski definition) is 5. The molecule has 0 atom stereocenters. The van der Waals surface area contributed by atoms with Gasteiger partial charge in [0.2, 0.25) is 0 Å². The zero-order chi connectivity index (χ0) is 16.4. The molecule has 3 aromatic rings. The molecular formula is C17H15N5O2. The summed E-state index contributed by atoms with van der Waals surface area (Å²) in [5.41, 5.74) is 3.02. The first-order valence-electron chi connectivity index (χ1n) is 7.66. The summed E-state index contributed by atoms with van der Waals surface area (Å²) < 4.78 is 7.17. The van der Waals surface area contributed by atoms with Crippen LogP contribution in [-0.4, -0.2) is 39.3 Å². The lowest BCUT2D eigenvalue weighted by atomic mass is 10.2. The van der Waals surface area contributed by atoms with Gasteiger partial charge in [-0.1, -0.05) is 18.2 Å². The normalized spacial score (nSPS) is 12.9. The molecule has 0 aliphatic carbocycles. The lowest BCUT2D eigenvalue weighted by Gasteiger charge is -2.17. The van der Waals surface area contributed by atoms with E-state index in [0.29, 0.717) is 12.3 Å². The van der Waals surface area contributed by atoms with Gasteiger partial charge in [-0.2, -0.15) is 0 Å². The van der Waals surface area contributed by atoms with Crippen molar-refractivity contribution < 1.29 is 9.53 Å². The number of aromatic nitrogens is 4. The summed E-state index contributed by atoms with van der Waals surface area (Å²) in [6.07, 6.45) is 2.41. The molecular weight excluding hydrogens is 306 g/mol. The van der Waals surface area contributed by atoms with Crippen molar-refractivity contribution in [2.45, 2.75) is 6.42 Å². The van der Waals surface area contributed by atoms with Crippen LogP contribution in [0.4, 0.5) is 5.69 Å². The fourth-order valence-electron chi connectivity index (χ4n) is 2.79. The number of hydrogen-bond donors (Lipinski definition) is 0. The summed E-state index contributed by atoms with van der Waals surface area (Å²) in [4.78, 5) is 14.2. The fraction of sp³-hybridized carbons (Fsp3) is 0.176. The van der Waals surface area contributed by atoms with Crippen LogP contribution in [0.15, 0.2) is 54.9 Å². The predicted molar refractivity (Wildman–Crippen MR) is 87.1 cm³/mol. The lowest BCUT2D eigenvalue weighted by molar-refractivity contribution is -0.120. The SMILES string of the molecule is O=C(COc1ccc(-n2cnnn2)cc1)N1CCc2ccccc21. The molecule has 0 radical (unpaired) electrons. The number of tetrazole rings is 1. The number of anilines is 1. The lowest BCUT2D eigenvalue weighted by Crippen LogP contribution is -2.33. The average molecular weight is 321 g/mol. The molecule has 120 valence electrons. The highest BCUT2D eigenvalue weighted by atomic mass is 16.5. The summed E-state index contributed by atoms with van der Waals surface area (Å²) in [6, 6.07) is 15.2. The van der Waals surface area contributed by atoms with Crippen molar-refractivity contribution >= 4 is 11.6 Å². The Balaban J connectivity index is 1.39. The van der Waals surface area contributed by atoms with Gasteiger partial charge in [-0.05, 0) is 52.7 Å². The maximum Gasteiger partial charge on any atom is 0.264 e. The molecule has 1 aliphatic rings. The number of amides is 1. The molecule has 0 spiro atoms. The molecule has 0 bridgehead atoms. The molecule has 0 fully saturated rings. The Morgan fingerprint density at radius 1 is 1.12 bits per heavy atom. The quantitative estimate of drug-likeness (QED) is 0.730. The Kier molecular flexibility index (Phi) is 3.66. The minimum Gasteiger partial charge on any atom is -0.484 e. The third kappa shape index (κ3) is 2.71. The molecule has 1 amide bonds. The standard InChI is InChI=1S/C17H15N5O2/c23-17(21-10-9-13-3-1-2-4-16(13)21)11-24-15-7-5-14(6-8-15)22-12-18-19-20-22/h1-8,12H,9-11H2. The molecule has 7 heteroatoms. The van der Waals surface area contributed by atoms with E-state index in [4.69, 9.17) is 4.74 Å². The highest BCUT2D eigenvalue weighted by Crippen LogP contribution is 2.27. The van der Waals surface area contributed by atoms with E-state index in [2.05, 4.69) is 21.6 Å². The van der Waals surface area contributed by atoms with Gasteiger partial charge in [0.1, 0.15) is 12.1 Å². The molecule has 1 aliphatic heterocycles. The number of carbonyl (C=O) groups excluding carboxylic acids is 1. The van der Waals surface area contributed by atoms with Crippen molar-refractivity contribution in [2.24, 2.45) is 0 Å². The second kappa shape index (κ2) is 6.11. The molecule has 0 unspecified atom stereocenters. The van der Waals surface area contributed by atoms with Gasteiger partial charge in [-0.15, -0.1) is 5.10 Å². The topological polar surface area (TPSA) is 73.1 Å². The first-order valence-corrected chi connectivity index (χ1v) is 7.66. The van der Waals surface area contributed by atoms with Crippen LogP contribution in [0.5, 0.6) is 5.75 Å². The van der Waals surface area contributed by atoms with E-state index in [1.165, 1.54) is 11.9 Å². The van der Waals surface area contributed by atoms with Gasteiger partial charge in [-0.3, -0.25) is 4.79 Å². The second-order valence-corrected chi connectivity index (χ2v) is 5.46. The number of ether oxygens (including phenoxy) is 1. The average Bonchev–Trinajstić information content (AvgIpc) is 3.30. The number of nitrogens with zero attached hydrogens (tertiary/aromatic N) is 5. The number of para-hydroxylation sites is 1. The van der Waals surface area contributed by atoms with Gasteiger partial charge >= 0.3 is 0 Å². The minimum atomic E-state index is -0.0375. The van der Waals surface area contributed by atoms with Gasteiger partial charge in [0.05, 0.1) is 5.69 Å². The van der Waals surface area contributed by atoms with Crippen molar-refractivity contribution in [2.75, 3.05) is 18.1 Å². The Morgan fingerprint density at radius 2 is 1.96 bits per heavy atom. The number of benzene rings is 2. The predicted octanol–water partition coefficient (Wildman–Crippen LogP) is 1.63. The highest BCUT2D eigenvalue weighted by molar-refractivity contribution is 5.96. The summed E-state index contributed by atoms with van der Waals surface area (Å²) in [7, 11) is 0. The highest BCUT2D eigenvalue weighted by Gasteiger charge is 2.24. The molecule has 4 rings (SSSR count). The Hall–Kier alpha value is -3.22. The maximum absolute atomic E-state index is 12.4. The zero-order valence-corrected chi connectivity index (χ0v) is 12.9. The van der Waals surface area contributed by atoms with Crippen molar-refractivity contribution in [3.05, 3.63) is 60.4 Å². The molecule has 0 saturated heterocycles. The first-order chi connectivity index (χ1) is 11.8. The van der Waals surface area contributed by atoms with Gasteiger partial charge < -0.3 is 9.64 Å². The zero-order valence-electron chi connectivity index (χ0n) is 12.9. The summed E-state index contributed by atoms with van der Waals surface area (Å²) in [5, 5.41) is 11.0. The van der Waals surface area contributed by atoms with Crippen LogP contribution in [0, 0.1) is 0 Å². The van der Waals surface area contributed by atoms with Crippen molar-refractivity contribution in [3.8, 4) is 11.4 Å². The van der Waals surface area contributed by atoms with E-state index in [0.717, 1.165) is 17.8 Å². The molecule has 2 aromatic carbocycles. The number of carbonyl (C=O) groups is 1. The summed E-state index contributed by atoms with van der Waals surface area (Å²) in [5.74, 6) is 0.595. The van der Waals surface area contributed by atoms with E-state index < -0.39 is 0 Å². The summed E-state index contributed by atoms with van der Waals surface area (Å²) >= 11 is 0. The van der Waals surface area contributed by atoms with Crippen molar-refractivity contribution in [3.63, 3.8) is 0 Å². The Morgan fingerprint density at radius 3 is 2.75 bits per heavy atom. The van der Waals surface area contributed by atoms with Crippen LogP contribution in [0.2, 0.25) is 0 Å². The smallest absolute Gasteiger partial charge is 0.264 e. The van der Waals surface area contributed by atoms with E-state index in [1.54, 1.807) is 21.7 Å². The first kappa shape index (κ1) is 14.4. The molecule has 0 N–H and O–H groups in total. The summed E-state index contributed by atoms with van der Waals surface area (Å²) in [6.45, 7) is 0.721. The number of rotatable bonds is 4. The third-order valence-electron chi connectivity index (χ3n) is 4.00.